The highest BCUT2D eigenvalue weighted by atomic mass is 16.7. The molecule has 0 N–H and O–H groups in total. The van der Waals surface area contributed by atoms with Crippen LogP contribution in [0.4, 0.5) is 0 Å². The third-order valence-corrected chi connectivity index (χ3v) is 16.8. The molecule has 0 radical (unpaired) electrons. The molecule has 290 valence electrons. The van der Waals surface area contributed by atoms with Gasteiger partial charge in [0.2, 0.25) is 0 Å². The number of hydrogen-bond donors (Lipinski definition) is 0. The molecule has 0 spiro atoms. The lowest BCUT2D eigenvalue weighted by Gasteiger charge is -2.73. The minimum absolute atomic E-state index is 0.0177. The van der Waals surface area contributed by atoms with Gasteiger partial charge in [-0.25, -0.2) is 4.79 Å². The number of esters is 2. The van der Waals surface area contributed by atoms with E-state index in [1.807, 2.05) is 42.5 Å². The molecule has 54 heavy (non-hydrogen) atoms. The van der Waals surface area contributed by atoms with E-state index >= 15 is 0 Å². The number of allylic oxidation sites excluding steroid dienone is 3. The van der Waals surface area contributed by atoms with E-state index in [0.29, 0.717) is 23.8 Å². The van der Waals surface area contributed by atoms with Gasteiger partial charge in [-0.3, -0.25) is 4.79 Å². The van der Waals surface area contributed by atoms with Crippen LogP contribution in [0.25, 0.3) is 5.57 Å². The van der Waals surface area contributed by atoms with Crippen LogP contribution in [-0.4, -0.2) is 37.0 Å². The lowest BCUT2D eigenvalue weighted by atomic mass is 9.31. The van der Waals surface area contributed by atoms with Crippen molar-refractivity contribution in [2.75, 3.05) is 7.11 Å². The maximum Gasteiger partial charge on any atom is 0.337 e. The highest BCUT2D eigenvalue weighted by Crippen LogP contribution is 2.79. The second-order valence-electron chi connectivity index (χ2n) is 19.8. The van der Waals surface area contributed by atoms with Crippen molar-refractivity contribution in [1.29, 1.82) is 0 Å². The quantitative estimate of drug-likeness (QED) is 0.217. The summed E-state index contributed by atoms with van der Waals surface area (Å²) in [5.74, 6) is 0.257. The molecule has 0 amide bonds. The fraction of sp³-hybridized carbons (Fsp3) is 0.625. The molecular weight excluding hydrogens is 673 g/mol. The summed E-state index contributed by atoms with van der Waals surface area (Å²) in [4.78, 5) is 27.0. The van der Waals surface area contributed by atoms with Gasteiger partial charge >= 0.3 is 11.9 Å². The van der Waals surface area contributed by atoms with Crippen LogP contribution in [-0.2, 0) is 30.3 Å². The Morgan fingerprint density at radius 2 is 1.54 bits per heavy atom. The lowest BCUT2D eigenvalue weighted by molar-refractivity contribution is -0.275. The largest absolute Gasteiger partial charge is 0.465 e. The molecule has 1 saturated heterocycles. The Morgan fingerprint density at radius 1 is 0.852 bits per heavy atom. The van der Waals surface area contributed by atoms with Crippen molar-refractivity contribution < 1.29 is 28.5 Å². The normalized spacial score (nSPS) is 41.2. The zero-order valence-corrected chi connectivity index (χ0v) is 34.1. The van der Waals surface area contributed by atoms with Crippen LogP contribution in [0.1, 0.15) is 122 Å². The molecule has 5 fully saturated rings. The molecular formula is C48H62O6. The maximum absolute atomic E-state index is 14.8. The van der Waals surface area contributed by atoms with E-state index in [-0.39, 0.29) is 70.2 Å². The van der Waals surface area contributed by atoms with Crippen LogP contribution >= 0.6 is 0 Å². The number of carbonyl (C=O) groups excluding carboxylic acids is 2. The van der Waals surface area contributed by atoms with Crippen molar-refractivity contribution in [2.24, 2.45) is 56.7 Å². The van der Waals surface area contributed by atoms with Gasteiger partial charge < -0.3 is 18.9 Å². The van der Waals surface area contributed by atoms with Crippen molar-refractivity contribution in [3.63, 3.8) is 0 Å². The number of methoxy groups -OCH3 is 1. The zero-order chi connectivity index (χ0) is 38.6. The lowest BCUT2D eigenvalue weighted by Crippen LogP contribution is -2.72. The smallest absolute Gasteiger partial charge is 0.337 e. The van der Waals surface area contributed by atoms with Gasteiger partial charge in [-0.05, 0) is 135 Å². The molecule has 5 aliphatic carbocycles. The molecule has 0 bridgehead atoms. The number of carbonyl (C=O) groups is 2. The number of rotatable bonds is 6. The third-order valence-electron chi connectivity index (χ3n) is 16.8. The van der Waals surface area contributed by atoms with Gasteiger partial charge in [0.1, 0.15) is 6.61 Å². The summed E-state index contributed by atoms with van der Waals surface area (Å²) < 4.78 is 26.0. The Hall–Kier alpha value is -3.22. The molecule has 2 aromatic carbocycles. The van der Waals surface area contributed by atoms with Crippen molar-refractivity contribution in [2.45, 2.75) is 125 Å². The van der Waals surface area contributed by atoms with E-state index in [2.05, 4.69) is 80.2 Å². The second kappa shape index (κ2) is 12.6. The molecule has 11 atom stereocenters. The van der Waals surface area contributed by atoms with E-state index < -0.39 is 11.2 Å². The summed E-state index contributed by atoms with van der Waals surface area (Å²) in [7, 11) is 1.43. The van der Waals surface area contributed by atoms with Gasteiger partial charge in [0.15, 0.2) is 5.79 Å². The summed E-state index contributed by atoms with van der Waals surface area (Å²) in [5.41, 5.74) is 4.14. The number of fused-ring (bicyclic) bond motifs is 4. The Kier molecular flexibility index (Phi) is 8.83. The van der Waals surface area contributed by atoms with Crippen LogP contribution in [0.15, 0.2) is 72.8 Å². The zero-order valence-electron chi connectivity index (χ0n) is 34.1. The highest BCUT2D eigenvalue weighted by molar-refractivity contribution is 5.90. The average molecular weight is 735 g/mol. The van der Waals surface area contributed by atoms with Gasteiger partial charge in [0.25, 0.3) is 0 Å². The standard InChI is InChI=1S/C48H62O6/c1-29(2)33-22-25-48(42(50)52-28-30-14-12-11-13-15-30)27-39-46(8)35(40(33)48)20-21-36-45(7)24-23-34(31-16-18-32(19-17-31)41(49)51-10)43(3,4)37(45)26-38(47(36,46)9)53-44(5,6)54-39/h11-19,23,33,35-40H,1,20-22,24-28H2,2-10H3/t33-,35+,36+,37-,38-,39-,40+,45+,46-,47-,48-/m0/s1. The summed E-state index contributed by atoms with van der Waals surface area (Å²) in [6, 6.07) is 18.0. The fourth-order valence-corrected chi connectivity index (χ4v) is 14.4. The molecule has 6 aliphatic rings. The molecule has 8 rings (SSSR count). The topological polar surface area (TPSA) is 71.1 Å². The van der Waals surface area contributed by atoms with Gasteiger partial charge in [-0.15, -0.1) is 0 Å². The molecule has 1 heterocycles. The van der Waals surface area contributed by atoms with E-state index in [1.165, 1.54) is 23.8 Å². The van der Waals surface area contributed by atoms with Crippen LogP contribution in [0, 0.1) is 56.7 Å². The Morgan fingerprint density at radius 3 is 2.20 bits per heavy atom. The van der Waals surface area contributed by atoms with Gasteiger partial charge in [0.05, 0.1) is 30.3 Å². The van der Waals surface area contributed by atoms with Crippen molar-refractivity contribution in [3.05, 3.63) is 89.5 Å². The SMILES string of the molecule is C=C(C)[C@@H]1CC[C@]2(C(=O)OCc3ccccc3)C[C@@H]3OC(C)(C)O[C@H]4C[C@H]5C(C)(C)C(c6ccc(C(=O)OC)cc6)=CC[C@]5(C)[C@H]5CC[C@H]([C@@H]12)[C@]3(C)[C@]45C. The molecule has 6 heteroatoms. The Bertz CT molecular complexity index is 1860. The van der Waals surface area contributed by atoms with E-state index in [9.17, 15) is 9.59 Å². The third kappa shape index (κ3) is 5.17. The number of ether oxygens (including phenoxy) is 4. The van der Waals surface area contributed by atoms with Crippen LogP contribution in [0.5, 0.6) is 0 Å². The molecule has 0 unspecified atom stereocenters. The predicted octanol–water partition coefficient (Wildman–Crippen LogP) is 10.6. The maximum atomic E-state index is 14.8. The molecule has 6 nitrogen and oxygen atoms in total. The van der Waals surface area contributed by atoms with Crippen molar-refractivity contribution in [1.82, 2.24) is 0 Å². The summed E-state index contributed by atoms with van der Waals surface area (Å²) in [5, 5.41) is 0. The fourth-order valence-electron chi connectivity index (χ4n) is 14.4. The minimum Gasteiger partial charge on any atom is -0.465 e. The first-order valence-electron chi connectivity index (χ1n) is 20.6. The second-order valence-corrected chi connectivity index (χ2v) is 19.8. The van der Waals surface area contributed by atoms with Crippen LogP contribution < -0.4 is 0 Å². The molecule has 0 aromatic heterocycles. The van der Waals surface area contributed by atoms with E-state index in [4.69, 9.17) is 18.9 Å². The van der Waals surface area contributed by atoms with E-state index in [0.717, 1.165) is 44.1 Å². The molecule has 4 saturated carbocycles. The average Bonchev–Trinajstić information content (AvgIpc) is 3.50. The monoisotopic (exact) mass is 734 g/mol. The first-order chi connectivity index (χ1) is 25.4. The van der Waals surface area contributed by atoms with Gasteiger partial charge in [-0.1, -0.05) is 95.3 Å². The molecule has 2 aromatic rings. The molecule has 1 aliphatic heterocycles. The summed E-state index contributed by atoms with van der Waals surface area (Å²) in [6.07, 6.45) is 8.85. The highest BCUT2D eigenvalue weighted by Gasteiger charge is 2.78. The van der Waals surface area contributed by atoms with Crippen LogP contribution in [0.2, 0.25) is 0 Å². The Balaban J connectivity index is 1.21. The first kappa shape index (κ1) is 37.7. The van der Waals surface area contributed by atoms with Gasteiger partial charge in [-0.2, -0.15) is 0 Å². The van der Waals surface area contributed by atoms with Gasteiger partial charge in [0, 0.05) is 10.8 Å². The Labute approximate surface area is 323 Å². The summed E-state index contributed by atoms with van der Waals surface area (Å²) in [6.45, 7) is 23.8. The van der Waals surface area contributed by atoms with E-state index in [1.54, 1.807) is 0 Å². The van der Waals surface area contributed by atoms with Crippen molar-refractivity contribution in [3.8, 4) is 0 Å². The summed E-state index contributed by atoms with van der Waals surface area (Å²) >= 11 is 0. The number of hydrogen-bond acceptors (Lipinski definition) is 6. The van der Waals surface area contributed by atoms with Crippen molar-refractivity contribution >= 4 is 17.5 Å². The van der Waals surface area contributed by atoms with Crippen LogP contribution in [0.3, 0.4) is 0 Å². The first-order valence-corrected chi connectivity index (χ1v) is 20.6. The minimum atomic E-state index is -0.822. The number of benzene rings is 2. The predicted molar refractivity (Wildman–Crippen MR) is 211 cm³/mol.